The molecule has 1 aromatic carbocycles. The van der Waals surface area contributed by atoms with Gasteiger partial charge in [0.1, 0.15) is 5.82 Å². The second-order valence-electron chi connectivity index (χ2n) is 4.08. The van der Waals surface area contributed by atoms with Crippen LogP contribution < -0.4 is 5.43 Å². The first kappa shape index (κ1) is 13.9. The van der Waals surface area contributed by atoms with Gasteiger partial charge in [-0.15, -0.1) is 0 Å². The third kappa shape index (κ3) is 3.09. The lowest BCUT2D eigenvalue weighted by Gasteiger charge is -2.10. The van der Waals surface area contributed by atoms with Crippen LogP contribution in [0.1, 0.15) is 12.5 Å². The van der Waals surface area contributed by atoms with E-state index >= 15 is 0 Å². The smallest absolute Gasteiger partial charge is 0.338 e. The van der Waals surface area contributed by atoms with Gasteiger partial charge in [-0.3, -0.25) is 10.2 Å². The number of hydrazone groups is 1. The van der Waals surface area contributed by atoms with E-state index in [9.17, 15) is 14.0 Å². The van der Waals surface area contributed by atoms with Gasteiger partial charge < -0.3 is 4.74 Å². The van der Waals surface area contributed by atoms with E-state index in [1.165, 1.54) is 36.6 Å². The van der Waals surface area contributed by atoms with Gasteiger partial charge in [0, 0.05) is 5.57 Å². The maximum atomic E-state index is 12.9. The van der Waals surface area contributed by atoms with Crippen LogP contribution in [0.2, 0.25) is 0 Å². The maximum absolute atomic E-state index is 12.9. The molecule has 1 unspecified atom stereocenters. The van der Waals surface area contributed by atoms with Crippen LogP contribution in [0, 0.1) is 5.82 Å². The molecule has 5 nitrogen and oxygen atoms in total. The highest BCUT2D eigenvalue weighted by atomic mass is 19.1. The number of carbonyl (C=O) groups excluding carboxylic acids is 2. The van der Waals surface area contributed by atoms with Crippen molar-refractivity contribution >= 4 is 23.5 Å². The lowest BCUT2D eigenvalue weighted by atomic mass is 10.0. The third-order valence-corrected chi connectivity index (χ3v) is 2.69. The van der Waals surface area contributed by atoms with Crippen molar-refractivity contribution in [3.8, 4) is 0 Å². The van der Waals surface area contributed by atoms with Crippen LogP contribution in [0.3, 0.4) is 0 Å². The summed E-state index contributed by atoms with van der Waals surface area (Å²) >= 11 is 0. The molecule has 104 valence electrons. The number of nitrogens with zero attached hydrogens (tertiary/aromatic N) is 1. The van der Waals surface area contributed by atoms with Crippen molar-refractivity contribution < 1.29 is 18.7 Å². The summed E-state index contributed by atoms with van der Waals surface area (Å²) in [6, 6.07) is 4.49. The molecule has 0 saturated carbocycles. The number of rotatable bonds is 3. The molecule has 6 heteroatoms. The van der Waals surface area contributed by atoms with Gasteiger partial charge in [-0.05, 0) is 30.7 Å². The fourth-order valence-electron chi connectivity index (χ4n) is 1.71. The Morgan fingerprint density at radius 3 is 2.75 bits per heavy atom. The fourth-order valence-corrected chi connectivity index (χ4v) is 1.71. The van der Waals surface area contributed by atoms with E-state index in [0.717, 1.165) is 0 Å². The van der Waals surface area contributed by atoms with E-state index in [4.69, 9.17) is 4.74 Å². The lowest BCUT2D eigenvalue weighted by molar-refractivity contribution is -0.147. The SMILES string of the molecule is CCOC(=O)C1NN=CC(c2ccc(F)cc2)=CC1=O. The Labute approximate surface area is 115 Å². The number of carbonyl (C=O) groups is 2. The van der Waals surface area contributed by atoms with Crippen molar-refractivity contribution in [2.24, 2.45) is 5.10 Å². The third-order valence-electron chi connectivity index (χ3n) is 2.69. The quantitative estimate of drug-likeness (QED) is 0.667. The Morgan fingerprint density at radius 1 is 1.40 bits per heavy atom. The molecule has 1 aliphatic heterocycles. The fraction of sp³-hybridized carbons (Fsp3) is 0.214. The molecule has 0 radical (unpaired) electrons. The zero-order valence-electron chi connectivity index (χ0n) is 10.8. The molecule has 1 atom stereocenters. The average Bonchev–Trinajstić information content (AvgIpc) is 2.62. The average molecular weight is 276 g/mol. The maximum Gasteiger partial charge on any atom is 0.338 e. The summed E-state index contributed by atoms with van der Waals surface area (Å²) in [4.78, 5) is 23.6. The van der Waals surface area contributed by atoms with Crippen molar-refractivity contribution in [1.29, 1.82) is 0 Å². The molecule has 2 rings (SSSR count). The van der Waals surface area contributed by atoms with Crippen LogP contribution in [-0.4, -0.2) is 30.6 Å². The Balaban J connectivity index is 2.25. The van der Waals surface area contributed by atoms with Crippen LogP contribution in [0.4, 0.5) is 4.39 Å². The van der Waals surface area contributed by atoms with E-state index in [1.807, 2.05) is 0 Å². The van der Waals surface area contributed by atoms with Crippen molar-refractivity contribution in [2.75, 3.05) is 6.61 Å². The predicted octanol–water partition coefficient (Wildman–Crippen LogP) is 1.30. The molecule has 0 aromatic heterocycles. The number of esters is 1. The molecular formula is C14H13FN2O3. The van der Waals surface area contributed by atoms with Crippen molar-refractivity contribution in [2.45, 2.75) is 13.0 Å². The van der Waals surface area contributed by atoms with Crippen molar-refractivity contribution in [1.82, 2.24) is 5.43 Å². The summed E-state index contributed by atoms with van der Waals surface area (Å²) in [7, 11) is 0. The minimum atomic E-state index is -1.15. The normalized spacial score (nSPS) is 18.0. The summed E-state index contributed by atoms with van der Waals surface area (Å²) in [6.45, 7) is 1.84. The zero-order valence-corrected chi connectivity index (χ0v) is 10.8. The number of ether oxygens (including phenoxy) is 1. The second-order valence-corrected chi connectivity index (χ2v) is 4.08. The molecule has 1 heterocycles. The van der Waals surface area contributed by atoms with Gasteiger partial charge in [0.25, 0.3) is 0 Å². The van der Waals surface area contributed by atoms with Gasteiger partial charge in [-0.1, -0.05) is 12.1 Å². The molecule has 20 heavy (non-hydrogen) atoms. The largest absolute Gasteiger partial charge is 0.464 e. The van der Waals surface area contributed by atoms with E-state index < -0.39 is 17.8 Å². The number of ketones is 1. The summed E-state index contributed by atoms with van der Waals surface area (Å²) in [5, 5.41) is 3.83. The topological polar surface area (TPSA) is 67.8 Å². The number of benzene rings is 1. The highest BCUT2D eigenvalue weighted by Gasteiger charge is 2.27. The van der Waals surface area contributed by atoms with E-state index in [-0.39, 0.29) is 12.4 Å². The Hall–Kier alpha value is -2.50. The minimum absolute atomic E-state index is 0.183. The Morgan fingerprint density at radius 2 is 2.10 bits per heavy atom. The van der Waals surface area contributed by atoms with Crippen LogP contribution in [-0.2, 0) is 14.3 Å². The molecule has 1 N–H and O–H groups in total. The molecule has 1 aromatic rings. The standard InChI is InChI=1S/C14H13FN2O3/c1-2-20-14(19)13-12(18)7-10(8-16-17-13)9-3-5-11(15)6-4-9/h3-8,13,17H,2H2,1H3. The highest BCUT2D eigenvalue weighted by Crippen LogP contribution is 2.15. The highest BCUT2D eigenvalue weighted by molar-refractivity contribution is 6.21. The van der Waals surface area contributed by atoms with Crippen molar-refractivity contribution in [3.63, 3.8) is 0 Å². The minimum Gasteiger partial charge on any atom is -0.464 e. The number of nitrogens with one attached hydrogen (secondary N) is 1. The molecule has 0 amide bonds. The summed E-state index contributed by atoms with van der Waals surface area (Å²) in [6.07, 6.45) is 2.70. The van der Waals surface area contributed by atoms with Gasteiger partial charge in [0.15, 0.2) is 5.78 Å². The first-order valence-electron chi connectivity index (χ1n) is 6.08. The van der Waals surface area contributed by atoms with Crippen LogP contribution in [0.25, 0.3) is 5.57 Å². The van der Waals surface area contributed by atoms with Gasteiger partial charge in [0.05, 0.1) is 12.8 Å². The monoisotopic (exact) mass is 276 g/mol. The van der Waals surface area contributed by atoms with E-state index in [2.05, 4.69) is 10.5 Å². The van der Waals surface area contributed by atoms with E-state index in [1.54, 1.807) is 6.92 Å². The van der Waals surface area contributed by atoms with Crippen LogP contribution in [0.15, 0.2) is 35.4 Å². The van der Waals surface area contributed by atoms with E-state index in [0.29, 0.717) is 11.1 Å². The predicted molar refractivity (Wildman–Crippen MR) is 71.4 cm³/mol. The van der Waals surface area contributed by atoms with Gasteiger partial charge in [-0.2, -0.15) is 5.10 Å². The zero-order chi connectivity index (χ0) is 14.5. The molecule has 0 bridgehead atoms. The summed E-state index contributed by atoms with van der Waals surface area (Å²) in [5.74, 6) is -1.50. The molecule has 1 aliphatic rings. The van der Waals surface area contributed by atoms with Crippen LogP contribution >= 0.6 is 0 Å². The molecule has 0 saturated heterocycles. The second kappa shape index (κ2) is 6.10. The summed E-state index contributed by atoms with van der Waals surface area (Å²) < 4.78 is 17.7. The summed E-state index contributed by atoms with van der Waals surface area (Å²) in [5.41, 5.74) is 3.58. The van der Waals surface area contributed by atoms with Crippen molar-refractivity contribution in [3.05, 3.63) is 41.7 Å². The van der Waals surface area contributed by atoms with Gasteiger partial charge in [0.2, 0.25) is 6.04 Å². The Kier molecular flexibility index (Phi) is 4.24. The van der Waals surface area contributed by atoms with Crippen LogP contribution in [0.5, 0.6) is 0 Å². The molecule has 0 aliphatic carbocycles. The Bertz CT molecular complexity index is 579. The number of halogens is 1. The first-order chi connectivity index (χ1) is 9.61. The molecular weight excluding hydrogens is 263 g/mol. The van der Waals surface area contributed by atoms with Gasteiger partial charge >= 0.3 is 5.97 Å². The lowest BCUT2D eigenvalue weighted by Crippen LogP contribution is -2.40. The van der Waals surface area contributed by atoms with Gasteiger partial charge in [-0.25, -0.2) is 9.18 Å². The first-order valence-corrected chi connectivity index (χ1v) is 6.08. The number of hydrogen-bond donors (Lipinski definition) is 1. The molecule has 0 spiro atoms. The number of hydrogen-bond acceptors (Lipinski definition) is 5. The number of allylic oxidation sites excluding steroid dienone is 1. The molecule has 0 fully saturated rings.